The number of nitrogens with zero attached hydrogens (tertiary/aromatic N) is 2. The zero-order chi connectivity index (χ0) is 14.4. The maximum Gasteiger partial charge on any atom is 0.332 e. The van der Waals surface area contributed by atoms with Crippen molar-refractivity contribution in [2.45, 2.75) is 0 Å². The van der Waals surface area contributed by atoms with Crippen LogP contribution in [0, 0.1) is 10.1 Å². The Balaban J connectivity index is 3.34. The number of amides is 2. The molecule has 0 atom stereocenters. The number of hydrogen-bond acceptors (Lipinski definition) is 6. The molecule has 102 valence electrons. The van der Waals surface area contributed by atoms with Crippen molar-refractivity contribution in [3.05, 3.63) is 27.8 Å². The minimum absolute atomic E-state index is 0.0475. The summed E-state index contributed by atoms with van der Waals surface area (Å²) < 4.78 is 9.90. The number of urea groups is 1. The van der Waals surface area contributed by atoms with Gasteiger partial charge in [0.15, 0.2) is 5.75 Å². The highest BCUT2D eigenvalue weighted by atomic mass is 16.6. The number of carbonyl (C=O) groups excluding carboxylic acids is 1. The number of benzene rings is 1. The predicted molar refractivity (Wildman–Crippen MR) is 66.5 cm³/mol. The largest absolute Gasteiger partial charge is 0.496 e. The number of hydrogen-bond donors (Lipinski definition) is 2. The van der Waals surface area contributed by atoms with E-state index in [-0.39, 0.29) is 22.7 Å². The van der Waals surface area contributed by atoms with E-state index in [9.17, 15) is 14.9 Å². The van der Waals surface area contributed by atoms with Crippen LogP contribution in [0.5, 0.6) is 11.5 Å². The van der Waals surface area contributed by atoms with E-state index >= 15 is 0 Å². The molecule has 1 rings (SSSR count). The molecule has 0 saturated carbocycles. The number of ether oxygens (including phenoxy) is 2. The maximum absolute atomic E-state index is 11.1. The molecule has 19 heavy (non-hydrogen) atoms. The fourth-order valence-electron chi connectivity index (χ4n) is 1.39. The molecule has 0 bridgehead atoms. The van der Waals surface area contributed by atoms with E-state index in [2.05, 4.69) is 5.10 Å². The lowest BCUT2D eigenvalue weighted by Crippen LogP contribution is -2.24. The van der Waals surface area contributed by atoms with Crippen LogP contribution in [0.15, 0.2) is 17.2 Å². The molecule has 0 fully saturated rings. The van der Waals surface area contributed by atoms with Gasteiger partial charge in [-0.1, -0.05) is 0 Å². The van der Waals surface area contributed by atoms with Gasteiger partial charge < -0.3 is 15.2 Å². The van der Waals surface area contributed by atoms with Gasteiger partial charge in [-0.25, -0.2) is 10.2 Å². The normalized spacial score (nSPS) is 10.2. The van der Waals surface area contributed by atoms with Crippen molar-refractivity contribution >= 4 is 17.9 Å². The van der Waals surface area contributed by atoms with Gasteiger partial charge in [0.2, 0.25) is 0 Å². The van der Waals surface area contributed by atoms with Gasteiger partial charge in [-0.05, 0) is 12.1 Å². The Morgan fingerprint density at radius 2 is 2.00 bits per heavy atom. The first kappa shape index (κ1) is 14.2. The highest BCUT2D eigenvalue weighted by Gasteiger charge is 2.23. The number of rotatable bonds is 5. The van der Waals surface area contributed by atoms with Crippen molar-refractivity contribution in [1.82, 2.24) is 5.43 Å². The summed E-state index contributed by atoms with van der Waals surface area (Å²) in [6.45, 7) is 0. The zero-order valence-electron chi connectivity index (χ0n) is 10.2. The van der Waals surface area contributed by atoms with Crippen LogP contribution in [0.2, 0.25) is 0 Å². The summed E-state index contributed by atoms with van der Waals surface area (Å²) in [5.41, 5.74) is 6.50. The minimum Gasteiger partial charge on any atom is -0.496 e. The van der Waals surface area contributed by atoms with E-state index in [0.29, 0.717) is 0 Å². The molecule has 0 aliphatic heterocycles. The highest BCUT2D eigenvalue weighted by molar-refractivity contribution is 5.91. The highest BCUT2D eigenvalue weighted by Crippen LogP contribution is 2.35. The Morgan fingerprint density at radius 1 is 1.42 bits per heavy atom. The molecule has 3 N–H and O–H groups in total. The van der Waals surface area contributed by atoms with E-state index < -0.39 is 11.0 Å². The molecule has 9 heteroatoms. The van der Waals surface area contributed by atoms with Gasteiger partial charge in [-0.3, -0.25) is 10.1 Å². The van der Waals surface area contributed by atoms with Gasteiger partial charge in [0, 0.05) is 0 Å². The second-order valence-corrected chi connectivity index (χ2v) is 3.22. The number of nitrogens with two attached hydrogens (primary N) is 1. The van der Waals surface area contributed by atoms with E-state index in [1.165, 1.54) is 26.4 Å². The van der Waals surface area contributed by atoms with Crippen LogP contribution < -0.4 is 20.6 Å². The van der Waals surface area contributed by atoms with E-state index in [1.807, 2.05) is 5.43 Å². The van der Waals surface area contributed by atoms with Crippen LogP contribution >= 0.6 is 0 Å². The molecule has 0 aliphatic carbocycles. The van der Waals surface area contributed by atoms with E-state index in [0.717, 1.165) is 6.21 Å². The quantitative estimate of drug-likeness (QED) is 0.459. The fourth-order valence-corrected chi connectivity index (χ4v) is 1.39. The van der Waals surface area contributed by atoms with Crippen LogP contribution in [0.1, 0.15) is 5.56 Å². The van der Waals surface area contributed by atoms with Gasteiger partial charge in [-0.2, -0.15) is 5.10 Å². The lowest BCUT2D eigenvalue weighted by atomic mass is 10.1. The third kappa shape index (κ3) is 3.31. The van der Waals surface area contributed by atoms with Gasteiger partial charge in [0.1, 0.15) is 11.3 Å². The number of nitrogens with one attached hydrogen (secondary N) is 1. The van der Waals surface area contributed by atoms with E-state index in [4.69, 9.17) is 15.2 Å². The summed E-state index contributed by atoms with van der Waals surface area (Å²) >= 11 is 0. The fraction of sp³-hybridized carbons (Fsp3) is 0.200. The third-order valence-corrected chi connectivity index (χ3v) is 2.13. The molecule has 0 spiro atoms. The molecule has 0 heterocycles. The van der Waals surface area contributed by atoms with Crippen molar-refractivity contribution in [3.63, 3.8) is 0 Å². The van der Waals surface area contributed by atoms with Crippen molar-refractivity contribution in [3.8, 4) is 11.5 Å². The topological polar surface area (TPSA) is 129 Å². The van der Waals surface area contributed by atoms with Crippen molar-refractivity contribution in [2.24, 2.45) is 10.8 Å². The second-order valence-electron chi connectivity index (χ2n) is 3.22. The number of nitro benzene ring substituents is 1. The number of nitro groups is 1. The Hall–Kier alpha value is -2.84. The second kappa shape index (κ2) is 6.19. The first-order valence-corrected chi connectivity index (χ1v) is 4.99. The van der Waals surface area contributed by atoms with Crippen molar-refractivity contribution in [1.29, 1.82) is 0 Å². The van der Waals surface area contributed by atoms with Crippen LogP contribution in [0.3, 0.4) is 0 Å². The Kier molecular flexibility index (Phi) is 4.63. The minimum atomic E-state index is -0.888. The van der Waals surface area contributed by atoms with Gasteiger partial charge >= 0.3 is 11.7 Å². The average molecular weight is 268 g/mol. The molecular weight excluding hydrogens is 256 g/mol. The number of methoxy groups -OCH3 is 2. The van der Waals surface area contributed by atoms with Gasteiger partial charge in [0.05, 0.1) is 25.4 Å². The Bertz CT molecular complexity index is 529. The molecule has 1 aromatic carbocycles. The van der Waals surface area contributed by atoms with Crippen LogP contribution in [0.25, 0.3) is 0 Å². The van der Waals surface area contributed by atoms with Crippen molar-refractivity contribution < 1.29 is 19.2 Å². The van der Waals surface area contributed by atoms with Crippen LogP contribution in [-0.2, 0) is 0 Å². The molecule has 0 aliphatic rings. The summed E-state index contributed by atoms with van der Waals surface area (Å²) in [6, 6.07) is 1.99. The average Bonchev–Trinajstić information content (AvgIpc) is 2.37. The van der Waals surface area contributed by atoms with Crippen molar-refractivity contribution in [2.75, 3.05) is 14.2 Å². The smallest absolute Gasteiger partial charge is 0.332 e. The lowest BCUT2D eigenvalue weighted by Gasteiger charge is -2.08. The van der Waals surface area contributed by atoms with E-state index in [1.54, 1.807) is 0 Å². The van der Waals surface area contributed by atoms with Crippen LogP contribution in [-0.4, -0.2) is 31.4 Å². The summed E-state index contributed by atoms with van der Waals surface area (Å²) in [5.74, 6) is 0.258. The third-order valence-electron chi connectivity index (χ3n) is 2.13. The molecule has 0 radical (unpaired) electrons. The molecule has 0 saturated heterocycles. The summed E-state index contributed by atoms with van der Waals surface area (Å²) in [7, 11) is 2.65. The zero-order valence-corrected chi connectivity index (χ0v) is 10.2. The molecule has 0 unspecified atom stereocenters. The number of carbonyl (C=O) groups is 1. The number of hydrazone groups is 1. The molecule has 1 aromatic rings. The first-order valence-electron chi connectivity index (χ1n) is 4.99. The molecule has 0 aromatic heterocycles. The summed E-state index contributed by atoms with van der Waals surface area (Å²) in [5, 5.41) is 14.5. The van der Waals surface area contributed by atoms with Crippen LogP contribution in [0.4, 0.5) is 10.5 Å². The molecular formula is C10H12N4O5. The standard InChI is InChI=1S/C10H12N4O5/c1-18-7-3-4-8(19-2)9(14(16)17)6(7)5-12-13-10(11)15/h3-5H,1-2H3,(H3,11,13,15). The van der Waals surface area contributed by atoms with Gasteiger partial charge in [0.25, 0.3) is 0 Å². The Labute approximate surface area is 108 Å². The Morgan fingerprint density at radius 3 is 2.47 bits per heavy atom. The summed E-state index contributed by atoms with van der Waals surface area (Å²) in [6.07, 6.45) is 1.06. The monoisotopic (exact) mass is 268 g/mol. The maximum atomic E-state index is 11.1. The molecule has 9 nitrogen and oxygen atoms in total. The SMILES string of the molecule is COc1ccc(OC)c([N+](=O)[O-])c1C=NNC(N)=O. The predicted octanol–water partition coefficient (Wildman–Crippen LogP) is 0.614. The number of primary amides is 1. The van der Waals surface area contributed by atoms with Gasteiger partial charge in [-0.15, -0.1) is 0 Å². The molecule has 2 amide bonds. The summed E-state index contributed by atoms with van der Waals surface area (Å²) in [4.78, 5) is 20.9. The first-order chi connectivity index (χ1) is 9.01. The lowest BCUT2D eigenvalue weighted by molar-refractivity contribution is -0.385.